The van der Waals surface area contributed by atoms with E-state index >= 15 is 0 Å². The minimum absolute atomic E-state index is 0.0674. The van der Waals surface area contributed by atoms with Crippen LogP contribution in [0.5, 0.6) is 0 Å². The molecule has 0 aromatic heterocycles. The second kappa shape index (κ2) is 5.17. The molecule has 0 unspecified atom stereocenters. The van der Waals surface area contributed by atoms with E-state index in [2.05, 4.69) is 21.2 Å². The van der Waals surface area contributed by atoms with Crippen LogP contribution in [0.3, 0.4) is 0 Å². The summed E-state index contributed by atoms with van der Waals surface area (Å²) in [5.74, 6) is -2.40. The van der Waals surface area contributed by atoms with E-state index in [9.17, 15) is 13.6 Å². The number of carbonyl (C=O) groups excluding carboxylic acids is 1. The van der Waals surface area contributed by atoms with Gasteiger partial charge < -0.3 is 5.32 Å². The molecule has 1 saturated carbocycles. The van der Waals surface area contributed by atoms with Gasteiger partial charge in [-0.15, -0.1) is 0 Å². The molecule has 2 nitrogen and oxygen atoms in total. The van der Waals surface area contributed by atoms with Crippen molar-refractivity contribution < 1.29 is 13.6 Å². The predicted molar refractivity (Wildman–Crippen MR) is 71.9 cm³/mol. The Bertz CT molecular complexity index is 468. The van der Waals surface area contributed by atoms with Gasteiger partial charge in [0.1, 0.15) is 17.2 Å². The Hall–Kier alpha value is -0.620. The SMILES string of the molecule is CSC1(CNC(=O)c2c(F)cc(Br)cc2F)CC1. The lowest BCUT2D eigenvalue weighted by atomic mass is 10.2. The highest BCUT2D eigenvalue weighted by molar-refractivity contribution is 9.10. The minimum Gasteiger partial charge on any atom is -0.350 e. The molecule has 1 aliphatic carbocycles. The quantitative estimate of drug-likeness (QED) is 0.914. The summed E-state index contributed by atoms with van der Waals surface area (Å²) < 4.78 is 27.4. The van der Waals surface area contributed by atoms with E-state index in [1.165, 1.54) is 0 Å². The first-order chi connectivity index (χ1) is 8.47. The standard InChI is InChI=1S/C12H12BrF2NOS/c1-18-12(2-3-12)6-16-11(17)10-8(14)4-7(13)5-9(10)15/h4-5H,2-3,6H2,1H3,(H,16,17). The molecular formula is C12H12BrF2NOS. The molecule has 0 radical (unpaired) electrons. The highest BCUT2D eigenvalue weighted by Crippen LogP contribution is 2.46. The van der Waals surface area contributed by atoms with E-state index in [1.54, 1.807) is 11.8 Å². The lowest BCUT2D eigenvalue weighted by Crippen LogP contribution is -2.32. The van der Waals surface area contributed by atoms with Gasteiger partial charge in [-0.3, -0.25) is 4.79 Å². The number of benzene rings is 1. The number of nitrogens with one attached hydrogen (secondary N) is 1. The summed E-state index contributed by atoms with van der Waals surface area (Å²) in [4.78, 5) is 11.8. The molecule has 2 rings (SSSR count). The van der Waals surface area contributed by atoms with E-state index < -0.39 is 23.1 Å². The maximum atomic E-state index is 13.5. The number of rotatable bonds is 4. The number of carbonyl (C=O) groups is 1. The van der Waals surface area contributed by atoms with Crippen molar-refractivity contribution >= 4 is 33.6 Å². The zero-order valence-electron chi connectivity index (χ0n) is 9.73. The van der Waals surface area contributed by atoms with Crippen LogP contribution in [0.4, 0.5) is 8.78 Å². The molecule has 0 atom stereocenters. The monoisotopic (exact) mass is 335 g/mol. The van der Waals surface area contributed by atoms with Crippen molar-refractivity contribution in [1.29, 1.82) is 0 Å². The molecule has 1 N–H and O–H groups in total. The van der Waals surface area contributed by atoms with Crippen molar-refractivity contribution in [3.05, 3.63) is 33.8 Å². The van der Waals surface area contributed by atoms with Gasteiger partial charge in [-0.05, 0) is 31.2 Å². The minimum atomic E-state index is -0.853. The van der Waals surface area contributed by atoms with Crippen LogP contribution in [0.1, 0.15) is 23.2 Å². The summed E-state index contributed by atoms with van der Waals surface area (Å²) in [5.41, 5.74) is -0.518. The maximum absolute atomic E-state index is 13.5. The summed E-state index contributed by atoms with van der Waals surface area (Å²) in [6.07, 6.45) is 4.03. The Kier molecular flexibility index (Phi) is 3.96. The van der Waals surface area contributed by atoms with Crippen LogP contribution in [0, 0.1) is 11.6 Å². The molecule has 98 valence electrons. The van der Waals surface area contributed by atoms with Gasteiger partial charge in [0, 0.05) is 15.8 Å². The summed E-state index contributed by atoms with van der Waals surface area (Å²) >= 11 is 4.65. The number of hydrogen-bond acceptors (Lipinski definition) is 2. The van der Waals surface area contributed by atoms with Crippen LogP contribution >= 0.6 is 27.7 Å². The number of hydrogen-bond donors (Lipinski definition) is 1. The smallest absolute Gasteiger partial charge is 0.257 e. The molecule has 1 amide bonds. The molecule has 18 heavy (non-hydrogen) atoms. The largest absolute Gasteiger partial charge is 0.350 e. The highest BCUT2D eigenvalue weighted by Gasteiger charge is 2.42. The van der Waals surface area contributed by atoms with Crippen molar-refractivity contribution in [1.82, 2.24) is 5.32 Å². The van der Waals surface area contributed by atoms with Crippen molar-refractivity contribution in [2.75, 3.05) is 12.8 Å². The zero-order chi connectivity index (χ0) is 13.3. The van der Waals surface area contributed by atoms with Crippen molar-refractivity contribution in [3.63, 3.8) is 0 Å². The van der Waals surface area contributed by atoms with E-state index in [1.807, 2.05) is 6.26 Å². The van der Waals surface area contributed by atoms with Crippen LogP contribution in [0.25, 0.3) is 0 Å². The molecule has 0 aliphatic heterocycles. The molecule has 6 heteroatoms. The third kappa shape index (κ3) is 2.85. The van der Waals surface area contributed by atoms with Gasteiger partial charge in [0.25, 0.3) is 5.91 Å². The molecule has 1 aliphatic rings. The second-order valence-corrected chi connectivity index (χ2v) is 6.50. The van der Waals surface area contributed by atoms with Gasteiger partial charge >= 0.3 is 0 Å². The van der Waals surface area contributed by atoms with Gasteiger partial charge in [0.2, 0.25) is 0 Å². The highest BCUT2D eigenvalue weighted by atomic mass is 79.9. The molecule has 0 saturated heterocycles. The maximum Gasteiger partial charge on any atom is 0.257 e. The molecule has 1 aromatic rings. The predicted octanol–water partition coefficient (Wildman–Crippen LogP) is 3.35. The van der Waals surface area contributed by atoms with Gasteiger partial charge in [-0.25, -0.2) is 8.78 Å². The summed E-state index contributed by atoms with van der Waals surface area (Å²) in [6, 6.07) is 2.17. The van der Waals surface area contributed by atoms with Crippen LogP contribution in [-0.4, -0.2) is 23.5 Å². The molecule has 0 bridgehead atoms. The van der Waals surface area contributed by atoms with Gasteiger partial charge in [0.15, 0.2) is 0 Å². The van der Waals surface area contributed by atoms with Crippen molar-refractivity contribution in [2.45, 2.75) is 17.6 Å². The fourth-order valence-electron chi connectivity index (χ4n) is 1.68. The Morgan fingerprint density at radius 2 is 2.00 bits per heavy atom. The third-order valence-corrected chi connectivity index (χ3v) is 4.92. The first-order valence-electron chi connectivity index (χ1n) is 5.45. The molecule has 0 spiro atoms. The fraction of sp³-hybridized carbons (Fsp3) is 0.417. The summed E-state index contributed by atoms with van der Waals surface area (Å²) in [5, 5.41) is 2.60. The third-order valence-electron chi connectivity index (χ3n) is 3.05. The average Bonchev–Trinajstić information content (AvgIpc) is 3.05. The molecule has 0 heterocycles. The topological polar surface area (TPSA) is 29.1 Å². The average molecular weight is 336 g/mol. The first kappa shape index (κ1) is 13.8. The van der Waals surface area contributed by atoms with Crippen LogP contribution in [-0.2, 0) is 0 Å². The van der Waals surface area contributed by atoms with Crippen LogP contribution < -0.4 is 5.32 Å². The van der Waals surface area contributed by atoms with Crippen molar-refractivity contribution in [3.8, 4) is 0 Å². The van der Waals surface area contributed by atoms with Crippen molar-refractivity contribution in [2.24, 2.45) is 0 Å². The van der Waals surface area contributed by atoms with Crippen LogP contribution in [0.2, 0.25) is 0 Å². The first-order valence-corrected chi connectivity index (χ1v) is 7.47. The van der Waals surface area contributed by atoms with Gasteiger partial charge in [0.05, 0.1) is 0 Å². The van der Waals surface area contributed by atoms with Crippen LogP contribution in [0.15, 0.2) is 16.6 Å². The number of thioether (sulfide) groups is 1. The molecule has 1 aromatic carbocycles. The lowest BCUT2D eigenvalue weighted by molar-refractivity contribution is 0.0944. The molecule has 1 fully saturated rings. The van der Waals surface area contributed by atoms with E-state index in [0.717, 1.165) is 25.0 Å². The Labute approximate surface area is 117 Å². The van der Waals surface area contributed by atoms with Gasteiger partial charge in [-0.1, -0.05) is 15.9 Å². The number of halogens is 3. The lowest BCUT2D eigenvalue weighted by Gasteiger charge is -2.13. The van der Waals surface area contributed by atoms with E-state index in [0.29, 0.717) is 6.54 Å². The van der Waals surface area contributed by atoms with E-state index in [-0.39, 0.29) is 9.22 Å². The zero-order valence-corrected chi connectivity index (χ0v) is 12.1. The Morgan fingerprint density at radius 1 is 1.44 bits per heavy atom. The normalized spacial score (nSPS) is 16.4. The fourth-order valence-corrected chi connectivity index (χ4v) is 2.81. The summed E-state index contributed by atoms with van der Waals surface area (Å²) in [6.45, 7) is 0.446. The molecular weight excluding hydrogens is 324 g/mol. The Balaban J connectivity index is 2.09. The number of amides is 1. The summed E-state index contributed by atoms with van der Waals surface area (Å²) in [7, 11) is 0. The Morgan fingerprint density at radius 3 is 2.44 bits per heavy atom. The van der Waals surface area contributed by atoms with Gasteiger partial charge in [-0.2, -0.15) is 11.8 Å². The second-order valence-electron chi connectivity index (χ2n) is 4.31. The van der Waals surface area contributed by atoms with E-state index in [4.69, 9.17) is 0 Å².